The van der Waals surface area contributed by atoms with Crippen molar-refractivity contribution in [2.45, 2.75) is 12.5 Å². The van der Waals surface area contributed by atoms with Gasteiger partial charge in [0.05, 0.1) is 6.10 Å². The first-order valence-electron chi connectivity index (χ1n) is 8.89. The number of fused-ring (bicyclic) bond motifs is 1. The summed E-state index contributed by atoms with van der Waals surface area (Å²) in [5, 5.41) is 7.99. The number of hydrogen-bond acceptors (Lipinski definition) is 2. The highest BCUT2D eigenvalue weighted by Crippen LogP contribution is 2.17. The highest BCUT2D eigenvalue weighted by molar-refractivity contribution is 5.83. The molecule has 0 saturated carbocycles. The van der Waals surface area contributed by atoms with Crippen LogP contribution in [-0.2, 0) is 11.2 Å². The first kappa shape index (κ1) is 18.0. The van der Waals surface area contributed by atoms with Gasteiger partial charge in [0.25, 0.3) is 0 Å². The molecule has 1 atom stereocenters. The van der Waals surface area contributed by atoms with Crippen molar-refractivity contribution < 1.29 is 4.74 Å². The molecule has 5 heteroatoms. The molecule has 3 N–H and O–H groups in total. The van der Waals surface area contributed by atoms with E-state index in [1.54, 1.807) is 14.2 Å². The Balaban J connectivity index is 1.50. The van der Waals surface area contributed by atoms with Crippen LogP contribution in [0.2, 0.25) is 0 Å². The van der Waals surface area contributed by atoms with Crippen molar-refractivity contribution in [2.75, 3.05) is 27.2 Å². The Hall–Kier alpha value is -2.79. The molecule has 0 spiro atoms. The van der Waals surface area contributed by atoms with Crippen LogP contribution >= 0.6 is 0 Å². The van der Waals surface area contributed by atoms with Gasteiger partial charge in [0, 0.05) is 44.3 Å². The molecule has 3 rings (SSSR count). The Morgan fingerprint density at radius 1 is 1.08 bits per heavy atom. The third-order valence-electron chi connectivity index (χ3n) is 4.50. The van der Waals surface area contributed by atoms with Crippen molar-refractivity contribution in [1.82, 2.24) is 15.6 Å². The SMILES string of the molecule is CN=C(NCCc1c[nH]c2ccccc12)NCC(OC)c1ccccc1. The van der Waals surface area contributed by atoms with E-state index in [-0.39, 0.29) is 6.10 Å². The van der Waals surface area contributed by atoms with Gasteiger partial charge in [-0.1, -0.05) is 48.5 Å². The van der Waals surface area contributed by atoms with E-state index in [0.29, 0.717) is 6.54 Å². The molecule has 5 nitrogen and oxygen atoms in total. The molecular weight excluding hydrogens is 324 g/mol. The van der Waals surface area contributed by atoms with Gasteiger partial charge in [-0.25, -0.2) is 0 Å². The number of methoxy groups -OCH3 is 1. The Morgan fingerprint density at radius 3 is 2.62 bits per heavy atom. The fourth-order valence-corrected chi connectivity index (χ4v) is 3.07. The molecule has 2 aromatic carbocycles. The van der Waals surface area contributed by atoms with Crippen LogP contribution in [0.3, 0.4) is 0 Å². The maximum absolute atomic E-state index is 5.59. The van der Waals surface area contributed by atoms with Gasteiger partial charge in [0.2, 0.25) is 0 Å². The lowest BCUT2D eigenvalue weighted by molar-refractivity contribution is 0.106. The number of ether oxygens (including phenoxy) is 1. The predicted octanol–water partition coefficient (Wildman–Crippen LogP) is 3.26. The lowest BCUT2D eigenvalue weighted by atomic mass is 10.1. The summed E-state index contributed by atoms with van der Waals surface area (Å²) < 4.78 is 5.59. The van der Waals surface area contributed by atoms with E-state index in [4.69, 9.17) is 4.74 Å². The summed E-state index contributed by atoms with van der Waals surface area (Å²) in [5.74, 6) is 0.780. The maximum Gasteiger partial charge on any atom is 0.191 e. The van der Waals surface area contributed by atoms with Gasteiger partial charge in [-0.05, 0) is 23.6 Å². The van der Waals surface area contributed by atoms with Crippen molar-refractivity contribution in [3.05, 3.63) is 71.9 Å². The summed E-state index contributed by atoms with van der Waals surface area (Å²) in [7, 11) is 3.51. The summed E-state index contributed by atoms with van der Waals surface area (Å²) in [6, 6.07) is 18.6. The first-order chi connectivity index (χ1) is 12.8. The van der Waals surface area contributed by atoms with E-state index in [9.17, 15) is 0 Å². The number of H-pyrrole nitrogens is 1. The van der Waals surface area contributed by atoms with E-state index >= 15 is 0 Å². The van der Waals surface area contributed by atoms with Gasteiger partial charge in [-0.15, -0.1) is 0 Å². The molecule has 3 aromatic rings. The largest absolute Gasteiger partial charge is 0.375 e. The van der Waals surface area contributed by atoms with E-state index in [0.717, 1.165) is 24.5 Å². The monoisotopic (exact) mass is 350 g/mol. The van der Waals surface area contributed by atoms with E-state index in [1.807, 2.05) is 24.3 Å². The summed E-state index contributed by atoms with van der Waals surface area (Å²) in [6.07, 6.45) is 3.00. The van der Waals surface area contributed by atoms with Crippen molar-refractivity contribution in [2.24, 2.45) is 4.99 Å². The number of para-hydroxylation sites is 1. The molecule has 0 aliphatic heterocycles. The number of nitrogens with one attached hydrogen (secondary N) is 3. The van der Waals surface area contributed by atoms with Crippen LogP contribution in [0.1, 0.15) is 17.2 Å². The number of hydrogen-bond donors (Lipinski definition) is 3. The lowest BCUT2D eigenvalue weighted by Crippen LogP contribution is -2.40. The summed E-state index contributed by atoms with van der Waals surface area (Å²) in [4.78, 5) is 7.62. The molecule has 0 aliphatic rings. The van der Waals surface area contributed by atoms with Gasteiger partial charge in [0.1, 0.15) is 0 Å². The number of aromatic amines is 1. The minimum Gasteiger partial charge on any atom is -0.375 e. The molecular formula is C21H26N4O. The minimum absolute atomic E-state index is 0.0108. The second-order valence-corrected chi connectivity index (χ2v) is 6.12. The molecule has 0 amide bonds. The first-order valence-corrected chi connectivity index (χ1v) is 8.89. The van der Waals surface area contributed by atoms with Crippen molar-refractivity contribution >= 4 is 16.9 Å². The highest BCUT2D eigenvalue weighted by Gasteiger charge is 2.10. The third-order valence-corrected chi connectivity index (χ3v) is 4.50. The quantitative estimate of drug-likeness (QED) is 0.453. The molecule has 0 fully saturated rings. The molecule has 0 saturated heterocycles. The standard InChI is InChI=1S/C21H26N4O/c1-22-21(25-15-20(26-2)16-8-4-3-5-9-16)23-13-12-17-14-24-19-11-7-6-10-18(17)19/h3-11,14,20,24H,12-13,15H2,1-2H3,(H2,22,23,25). The van der Waals surface area contributed by atoms with Crippen LogP contribution in [0, 0.1) is 0 Å². The van der Waals surface area contributed by atoms with Crippen LogP contribution in [0.4, 0.5) is 0 Å². The van der Waals surface area contributed by atoms with E-state index < -0.39 is 0 Å². The molecule has 1 aromatic heterocycles. The number of aromatic nitrogens is 1. The Morgan fingerprint density at radius 2 is 1.85 bits per heavy atom. The van der Waals surface area contributed by atoms with E-state index in [1.165, 1.54) is 16.5 Å². The van der Waals surface area contributed by atoms with Crippen LogP contribution in [0.15, 0.2) is 65.8 Å². The van der Waals surface area contributed by atoms with Crippen LogP contribution in [0.5, 0.6) is 0 Å². The molecule has 0 aliphatic carbocycles. The second kappa shape index (κ2) is 9.06. The second-order valence-electron chi connectivity index (χ2n) is 6.12. The number of benzene rings is 2. The minimum atomic E-state index is -0.0108. The third kappa shape index (κ3) is 4.43. The summed E-state index contributed by atoms with van der Waals surface area (Å²) in [5.41, 5.74) is 3.63. The van der Waals surface area contributed by atoms with Crippen LogP contribution in [-0.4, -0.2) is 38.2 Å². The van der Waals surface area contributed by atoms with Crippen molar-refractivity contribution in [3.8, 4) is 0 Å². The average molecular weight is 350 g/mol. The van der Waals surface area contributed by atoms with Gasteiger partial charge in [0.15, 0.2) is 5.96 Å². The fourth-order valence-electron chi connectivity index (χ4n) is 3.07. The lowest BCUT2D eigenvalue weighted by Gasteiger charge is -2.18. The summed E-state index contributed by atoms with van der Waals surface area (Å²) >= 11 is 0. The molecule has 1 unspecified atom stereocenters. The van der Waals surface area contributed by atoms with Crippen molar-refractivity contribution in [1.29, 1.82) is 0 Å². The zero-order valence-corrected chi connectivity index (χ0v) is 15.3. The van der Waals surface area contributed by atoms with Crippen molar-refractivity contribution in [3.63, 3.8) is 0 Å². The van der Waals surface area contributed by atoms with Crippen LogP contribution < -0.4 is 10.6 Å². The van der Waals surface area contributed by atoms with Gasteiger partial charge in [-0.2, -0.15) is 0 Å². The average Bonchev–Trinajstić information content (AvgIpc) is 3.11. The number of guanidine groups is 1. The number of rotatable bonds is 7. The molecule has 26 heavy (non-hydrogen) atoms. The Labute approximate surface area is 154 Å². The highest BCUT2D eigenvalue weighted by atomic mass is 16.5. The zero-order valence-electron chi connectivity index (χ0n) is 15.3. The molecule has 136 valence electrons. The van der Waals surface area contributed by atoms with Gasteiger partial charge >= 0.3 is 0 Å². The normalized spacial score (nSPS) is 12.9. The van der Waals surface area contributed by atoms with Gasteiger partial charge in [-0.3, -0.25) is 4.99 Å². The van der Waals surface area contributed by atoms with E-state index in [2.05, 4.69) is 57.1 Å². The molecule has 1 heterocycles. The molecule has 0 bridgehead atoms. The fraction of sp³-hybridized carbons (Fsp3) is 0.286. The maximum atomic E-state index is 5.59. The predicted molar refractivity (Wildman–Crippen MR) is 108 cm³/mol. The van der Waals surface area contributed by atoms with Crippen LogP contribution in [0.25, 0.3) is 10.9 Å². The smallest absolute Gasteiger partial charge is 0.191 e. The Kier molecular flexibility index (Phi) is 6.28. The summed E-state index contributed by atoms with van der Waals surface area (Å²) in [6.45, 7) is 1.47. The number of aliphatic imine (C=N–C) groups is 1. The number of nitrogens with zero attached hydrogens (tertiary/aromatic N) is 1. The van der Waals surface area contributed by atoms with Gasteiger partial charge < -0.3 is 20.4 Å². The Bertz CT molecular complexity index is 841. The molecule has 0 radical (unpaired) electrons. The zero-order chi connectivity index (χ0) is 18.2. The topological polar surface area (TPSA) is 61.4 Å².